The van der Waals surface area contributed by atoms with Crippen molar-refractivity contribution < 1.29 is 14.4 Å². The summed E-state index contributed by atoms with van der Waals surface area (Å²) in [4.78, 5) is 11.8. The van der Waals surface area contributed by atoms with Crippen molar-refractivity contribution >= 4 is 23.1 Å². The minimum absolute atomic E-state index is 0.106. The van der Waals surface area contributed by atoms with Gasteiger partial charge in [-0.2, -0.15) is 0 Å². The number of urea groups is 1. The third kappa shape index (κ3) is 3.79. The Labute approximate surface area is 121 Å². The number of amides is 2. The smallest absolute Gasteiger partial charge is 0.323 e. The Morgan fingerprint density at radius 3 is 2.38 bits per heavy atom. The molecule has 2 rings (SSSR count). The highest BCUT2D eigenvalue weighted by molar-refractivity contribution is 6.01. The van der Waals surface area contributed by atoms with Crippen LogP contribution in [0.5, 0.6) is 0 Å². The SMILES string of the molecule is C/C(=N\O)c1ccc(NC(=O)Nc2ccccc2F)cc1. The van der Waals surface area contributed by atoms with Gasteiger partial charge in [0.2, 0.25) is 0 Å². The van der Waals surface area contributed by atoms with Gasteiger partial charge >= 0.3 is 6.03 Å². The monoisotopic (exact) mass is 287 g/mol. The van der Waals surface area contributed by atoms with E-state index in [1.165, 1.54) is 12.1 Å². The van der Waals surface area contributed by atoms with Crippen LogP contribution in [0.1, 0.15) is 12.5 Å². The van der Waals surface area contributed by atoms with Gasteiger partial charge in [0, 0.05) is 5.69 Å². The second kappa shape index (κ2) is 6.51. The first-order valence-electron chi connectivity index (χ1n) is 6.22. The first-order chi connectivity index (χ1) is 10.1. The summed E-state index contributed by atoms with van der Waals surface area (Å²) in [6, 6.07) is 12.1. The van der Waals surface area contributed by atoms with Gasteiger partial charge in [0.05, 0.1) is 11.4 Å². The van der Waals surface area contributed by atoms with Gasteiger partial charge in [-0.25, -0.2) is 9.18 Å². The number of rotatable bonds is 3. The molecule has 108 valence electrons. The second-order valence-corrected chi connectivity index (χ2v) is 4.32. The van der Waals surface area contributed by atoms with E-state index in [9.17, 15) is 9.18 Å². The van der Waals surface area contributed by atoms with Gasteiger partial charge in [0.15, 0.2) is 0 Å². The van der Waals surface area contributed by atoms with Gasteiger partial charge in [-0.3, -0.25) is 0 Å². The number of carbonyl (C=O) groups is 1. The molecule has 5 nitrogen and oxygen atoms in total. The highest BCUT2D eigenvalue weighted by atomic mass is 19.1. The number of nitrogens with zero attached hydrogens (tertiary/aromatic N) is 1. The Balaban J connectivity index is 2.02. The molecule has 2 amide bonds. The number of benzene rings is 2. The fraction of sp³-hybridized carbons (Fsp3) is 0.0667. The van der Waals surface area contributed by atoms with Crippen LogP contribution in [0.15, 0.2) is 53.7 Å². The number of carbonyl (C=O) groups excluding carboxylic acids is 1. The summed E-state index contributed by atoms with van der Waals surface area (Å²) in [6.45, 7) is 1.66. The lowest BCUT2D eigenvalue weighted by molar-refractivity contribution is 0.262. The summed E-state index contributed by atoms with van der Waals surface area (Å²) in [5, 5.41) is 16.8. The molecule has 0 aliphatic rings. The van der Waals surface area contributed by atoms with Gasteiger partial charge in [0.1, 0.15) is 5.82 Å². The zero-order valence-corrected chi connectivity index (χ0v) is 11.3. The molecule has 6 heteroatoms. The van der Waals surface area contributed by atoms with E-state index in [0.717, 1.165) is 5.56 Å². The van der Waals surface area contributed by atoms with Crippen molar-refractivity contribution in [2.75, 3.05) is 10.6 Å². The molecule has 0 bridgehead atoms. The van der Waals surface area contributed by atoms with E-state index in [4.69, 9.17) is 5.21 Å². The lowest BCUT2D eigenvalue weighted by Crippen LogP contribution is -2.20. The van der Waals surface area contributed by atoms with E-state index in [1.807, 2.05) is 0 Å². The van der Waals surface area contributed by atoms with Gasteiger partial charge < -0.3 is 15.8 Å². The highest BCUT2D eigenvalue weighted by Crippen LogP contribution is 2.14. The number of halogens is 1. The fourth-order valence-corrected chi connectivity index (χ4v) is 1.70. The molecule has 0 radical (unpaired) electrons. The fourth-order valence-electron chi connectivity index (χ4n) is 1.70. The third-order valence-corrected chi connectivity index (χ3v) is 2.83. The van der Waals surface area contributed by atoms with Crippen molar-refractivity contribution in [3.63, 3.8) is 0 Å². The predicted octanol–water partition coefficient (Wildman–Crippen LogP) is 3.67. The molecule has 2 aromatic rings. The molecule has 0 unspecified atom stereocenters. The van der Waals surface area contributed by atoms with Gasteiger partial charge in [0.25, 0.3) is 0 Å². The molecule has 0 saturated heterocycles. The van der Waals surface area contributed by atoms with E-state index in [2.05, 4.69) is 15.8 Å². The summed E-state index contributed by atoms with van der Waals surface area (Å²) in [6.07, 6.45) is 0. The number of hydrogen-bond donors (Lipinski definition) is 3. The minimum Gasteiger partial charge on any atom is -0.411 e. The Bertz CT molecular complexity index is 669. The van der Waals surface area contributed by atoms with E-state index in [0.29, 0.717) is 11.4 Å². The molecule has 21 heavy (non-hydrogen) atoms. The van der Waals surface area contributed by atoms with Crippen molar-refractivity contribution in [1.82, 2.24) is 0 Å². The van der Waals surface area contributed by atoms with Crippen molar-refractivity contribution in [1.29, 1.82) is 0 Å². The lowest BCUT2D eigenvalue weighted by Gasteiger charge is -2.08. The zero-order valence-electron chi connectivity index (χ0n) is 11.3. The second-order valence-electron chi connectivity index (χ2n) is 4.32. The van der Waals surface area contributed by atoms with Gasteiger partial charge in [-0.05, 0) is 36.8 Å². The summed E-state index contributed by atoms with van der Waals surface area (Å²) in [5.74, 6) is -0.502. The Hall–Kier alpha value is -2.89. The summed E-state index contributed by atoms with van der Waals surface area (Å²) < 4.78 is 13.4. The third-order valence-electron chi connectivity index (χ3n) is 2.83. The van der Waals surface area contributed by atoms with Crippen LogP contribution < -0.4 is 10.6 Å². The number of hydrogen-bond acceptors (Lipinski definition) is 3. The van der Waals surface area contributed by atoms with Crippen LogP contribution in [0.2, 0.25) is 0 Å². The number of anilines is 2. The Kier molecular flexibility index (Phi) is 4.50. The molecule has 0 spiro atoms. The predicted molar refractivity (Wildman–Crippen MR) is 79.5 cm³/mol. The van der Waals surface area contributed by atoms with E-state index in [-0.39, 0.29) is 5.69 Å². The number of oxime groups is 1. The first-order valence-corrected chi connectivity index (χ1v) is 6.22. The Morgan fingerprint density at radius 1 is 1.10 bits per heavy atom. The molecule has 0 saturated carbocycles. The molecule has 0 aliphatic carbocycles. The molecular weight excluding hydrogens is 273 g/mol. The van der Waals surface area contributed by atoms with E-state index >= 15 is 0 Å². The number of nitrogens with one attached hydrogen (secondary N) is 2. The van der Waals surface area contributed by atoms with Crippen molar-refractivity contribution in [2.45, 2.75) is 6.92 Å². The van der Waals surface area contributed by atoms with Crippen LogP contribution in [0.3, 0.4) is 0 Å². The van der Waals surface area contributed by atoms with Gasteiger partial charge in [-0.1, -0.05) is 29.4 Å². The summed E-state index contributed by atoms with van der Waals surface area (Å²) in [7, 11) is 0. The first kappa shape index (κ1) is 14.5. The quantitative estimate of drug-likeness (QED) is 0.458. The number of para-hydroxylation sites is 1. The van der Waals surface area contributed by atoms with Crippen LogP contribution in [-0.2, 0) is 0 Å². The maximum atomic E-state index is 13.4. The zero-order chi connectivity index (χ0) is 15.2. The van der Waals surface area contributed by atoms with E-state index < -0.39 is 11.8 Å². The van der Waals surface area contributed by atoms with Crippen LogP contribution in [0, 0.1) is 5.82 Å². The minimum atomic E-state index is -0.541. The van der Waals surface area contributed by atoms with Crippen molar-refractivity contribution in [2.24, 2.45) is 5.16 Å². The topological polar surface area (TPSA) is 73.7 Å². The highest BCUT2D eigenvalue weighted by Gasteiger charge is 2.06. The molecule has 0 aliphatic heterocycles. The maximum absolute atomic E-state index is 13.4. The van der Waals surface area contributed by atoms with Crippen molar-refractivity contribution in [3.05, 3.63) is 59.9 Å². The van der Waals surface area contributed by atoms with Crippen LogP contribution >= 0.6 is 0 Å². The average Bonchev–Trinajstić information content (AvgIpc) is 2.49. The van der Waals surface area contributed by atoms with Gasteiger partial charge in [-0.15, -0.1) is 0 Å². The van der Waals surface area contributed by atoms with Crippen molar-refractivity contribution in [3.8, 4) is 0 Å². The standard InChI is InChI=1S/C15H14FN3O2/c1-10(19-21)11-6-8-12(9-7-11)17-15(20)18-14-5-3-2-4-13(14)16/h2-9,21H,1H3,(H2,17,18,20)/b19-10+. The molecular formula is C15H14FN3O2. The summed E-state index contributed by atoms with van der Waals surface area (Å²) >= 11 is 0. The molecule has 0 aromatic heterocycles. The Morgan fingerprint density at radius 2 is 1.76 bits per heavy atom. The largest absolute Gasteiger partial charge is 0.411 e. The van der Waals surface area contributed by atoms with E-state index in [1.54, 1.807) is 43.3 Å². The summed E-state index contributed by atoms with van der Waals surface area (Å²) in [5.41, 5.74) is 1.85. The molecule has 2 aromatic carbocycles. The van der Waals surface area contributed by atoms with Crippen LogP contribution in [-0.4, -0.2) is 17.0 Å². The molecule has 0 atom stereocenters. The molecule has 0 fully saturated rings. The maximum Gasteiger partial charge on any atom is 0.323 e. The van der Waals surface area contributed by atoms with Crippen LogP contribution in [0.4, 0.5) is 20.6 Å². The molecule has 3 N–H and O–H groups in total. The van der Waals surface area contributed by atoms with Crippen LogP contribution in [0.25, 0.3) is 0 Å². The average molecular weight is 287 g/mol. The lowest BCUT2D eigenvalue weighted by atomic mass is 10.1. The normalized spacial score (nSPS) is 11.0. The molecule has 0 heterocycles.